The first-order valence-corrected chi connectivity index (χ1v) is 2.54. The van der Waals surface area contributed by atoms with Gasteiger partial charge in [-0.25, -0.2) is 0 Å². The minimum atomic E-state index is 0. The lowest BCUT2D eigenvalue weighted by Crippen LogP contribution is -1.66. The molecule has 0 aliphatic carbocycles. The average Bonchev–Trinajstić information content (AvgIpc) is 1.77. The van der Waals surface area contributed by atoms with Gasteiger partial charge >= 0.3 is 0 Å². The van der Waals surface area contributed by atoms with Crippen molar-refractivity contribution < 1.29 is 5.11 Å². The fourth-order valence-electron chi connectivity index (χ4n) is 0.545. The molecular formula is C7H11NO. The van der Waals surface area contributed by atoms with Crippen molar-refractivity contribution in [2.24, 2.45) is 0 Å². The third-order valence-corrected chi connectivity index (χ3v) is 1.03. The maximum absolute atomic E-state index is 8.76. The van der Waals surface area contributed by atoms with E-state index in [-0.39, 0.29) is 6.15 Å². The Bertz CT molecular complexity index is 148. The van der Waals surface area contributed by atoms with E-state index < -0.39 is 0 Å². The van der Waals surface area contributed by atoms with E-state index >= 15 is 0 Å². The minimum absolute atomic E-state index is 0. The van der Waals surface area contributed by atoms with Crippen LogP contribution in [-0.4, -0.2) is 5.11 Å². The van der Waals surface area contributed by atoms with Crippen molar-refractivity contribution in [3.8, 4) is 5.75 Å². The Kier molecular flexibility index (Phi) is 2.74. The van der Waals surface area contributed by atoms with Crippen LogP contribution in [0.4, 0.5) is 0 Å². The second-order valence-electron chi connectivity index (χ2n) is 1.84. The van der Waals surface area contributed by atoms with Crippen LogP contribution in [0, 0.1) is 6.92 Å². The van der Waals surface area contributed by atoms with Crippen LogP contribution in [0.5, 0.6) is 5.75 Å². The first-order chi connectivity index (χ1) is 3.79. The Morgan fingerprint density at radius 1 is 1.11 bits per heavy atom. The Balaban J connectivity index is 0.000000640. The first-order valence-electron chi connectivity index (χ1n) is 2.54. The molecule has 0 saturated heterocycles. The quantitative estimate of drug-likeness (QED) is 0.556. The molecule has 0 amide bonds. The summed E-state index contributed by atoms with van der Waals surface area (Å²) in [6, 6.07) is 7.09. The molecule has 0 radical (unpaired) electrons. The van der Waals surface area contributed by atoms with Gasteiger partial charge in [-0.05, 0) is 19.1 Å². The lowest BCUT2D eigenvalue weighted by molar-refractivity contribution is 0.475. The number of phenolic OH excluding ortho intramolecular Hbond substituents is 1. The van der Waals surface area contributed by atoms with E-state index in [1.807, 2.05) is 19.1 Å². The molecule has 0 bridgehead atoms. The molecule has 0 spiro atoms. The Morgan fingerprint density at radius 3 is 1.89 bits per heavy atom. The zero-order valence-electron chi connectivity index (χ0n) is 5.46. The lowest BCUT2D eigenvalue weighted by Gasteiger charge is -1.89. The van der Waals surface area contributed by atoms with Crippen molar-refractivity contribution >= 4 is 0 Å². The van der Waals surface area contributed by atoms with Gasteiger partial charge in [0.1, 0.15) is 5.75 Å². The summed E-state index contributed by atoms with van der Waals surface area (Å²) >= 11 is 0. The van der Waals surface area contributed by atoms with E-state index in [1.54, 1.807) is 12.1 Å². The molecule has 0 fully saturated rings. The van der Waals surface area contributed by atoms with Crippen LogP contribution < -0.4 is 6.15 Å². The fraction of sp³-hybridized carbons (Fsp3) is 0.143. The van der Waals surface area contributed by atoms with Crippen LogP contribution in [0.2, 0.25) is 0 Å². The van der Waals surface area contributed by atoms with Crippen LogP contribution >= 0.6 is 0 Å². The van der Waals surface area contributed by atoms with Gasteiger partial charge in [-0.2, -0.15) is 0 Å². The molecule has 4 N–H and O–H groups in total. The van der Waals surface area contributed by atoms with Crippen molar-refractivity contribution in [1.29, 1.82) is 0 Å². The highest BCUT2D eigenvalue weighted by Gasteiger charge is 1.82. The number of hydrogen-bond acceptors (Lipinski definition) is 2. The topological polar surface area (TPSA) is 55.2 Å². The van der Waals surface area contributed by atoms with Crippen LogP contribution in [0.25, 0.3) is 0 Å². The SMILES string of the molecule is Cc1ccc(O)cc1.N. The molecule has 0 saturated carbocycles. The molecule has 0 atom stereocenters. The highest BCUT2D eigenvalue weighted by molar-refractivity contribution is 5.24. The summed E-state index contributed by atoms with van der Waals surface area (Å²) in [5, 5.41) is 8.76. The third kappa shape index (κ3) is 2.15. The van der Waals surface area contributed by atoms with Crippen LogP contribution in [0.1, 0.15) is 5.56 Å². The molecule has 9 heavy (non-hydrogen) atoms. The second kappa shape index (κ2) is 3.10. The van der Waals surface area contributed by atoms with E-state index in [1.165, 1.54) is 5.56 Å². The fourth-order valence-corrected chi connectivity index (χ4v) is 0.545. The number of benzene rings is 1. The third-order valence-electron chi connectivity index (χ3n) is 1.03. The second-order valence-corrected chi connectivity index (χ2v) is 1.84. The van der Waals surface area contributed by atoms with Crippen molar-refractivity contribution in [1.82, 2.24) is 6.15 Å². The molecule has 0 aliphatic heterocycles. The normalized spacial score (nSPS) is 8.11. The number of hydrogen-bond donors (Lipinski definition) is 2. The van der Waals surface area contributed by atoms with Gasteiger partial charge in [0, 0.05) is 0 Å². The van der Waals surface area contributed by atoms with Gasteiger partial charge < -0.3 is 11.3 Å². The Hall–Kier alpha value is -1.02. The average molecular weight is 125 g/mol. The maximum Gasteiger partial charge on any atom is 0.115 e. The van der Waals surface area contributed by atoms with E-state index in [0.29, 0.717) is 5.75 Å². The summed E-state index contributed by atoms with van der Waals surface area (Å²) in [4.78, 5) is 0. The van der Waals surface area contributed by atoms with E-state index in [4.69, 9.17) is 5.11 Å². The molecule has 0 heterocycles. The molecule has 1 rings (SSSR count). The first kappa shape index (κ1) is 7.98. The smallest absolute Gasteiger partial charge is 0.115 e. The number of rotatable bonds is 0. The van der Waals surface area contributed by atoms with Crippen molar-refractivity contribution in [2.45, 2.75) is 6.92 Å². The molecule has 0 aliphatic rings. The lowest BCUT2D eigenvalue weighted by atomic mass is 10.2. The molecule has 2 nitrogen and oxygen atoms in total. The van der Waals surface area contributed by atoms with E-state index in [2.05, 4.69) is 0 Å². The van der Waals surface area contributed by atoms with Crippen LogP contribution in [0.15, 0.2) is 24.3 Å². The number of aryl methyl sites for hydroxylation is 1. The van der Waals surface area contributed by atoms with Gasteiger partial charge in [-0.1, -0.05) is 17.7 Å². The molecule has 0 aromatic heterocycles. The van der Waals surface area contributed by atoms with Crippen molar-refractivity contribution in [3.05, 3.63) is 29.8 Å². The highest BCUT2D eigenvalue weighted by atomic mass is 16.3. The van der Waals surface area contributed by atoms with Gasteiger partial charge in [0.15, 0.2) is 0 Å². The van der Waals surface area contributed by atoms with Crippen LogP contribution in [-0.2, 0) is 0 Å². The maximum atomic E-state index is 8.76. The van der Waals surface area contributed by atoms with Gasteiger partial charge in [-0.15, -0.1) is 0 Å². The molecule has 50 valence electrons. The van der Waals surface area contributed by atoms with Gasteiger partial charge in [0.25, 0.3) is 0 Å². The molecule has 2 heteroatoms. The molecule has 0 unspecified atom stereocenters. The van der Waals surface area contributed by atoms with Gasteiger partial charge in [0.05, 0.1) is 0 Å². The molecule has 1 aromatic carbocycles. The van der Waals surface area contributed by atoms with Crippen molar-refractivity contribution in [3.63, 3.8) is 0 Å². The monoisotopic (exact) mass is 125 g/mol. The van der Waals surface area contributed by atoms with Gasteiger partial charge in [0.2, 0.25) is 0 Å². The summed E-state index contributed by atoms with van der Waals surface area (Å²) in [6.07, 6.45) is 0. The Labute approximate surface area is 54.7 Å². The number of aromatic hydroxyl groups is 1. The summed E-state index contributed by atoms with van der Waals surface area (Å²) < 4.78 is 0. The standard InChI is InChI=1S/C7H8O.H3N/c1-6-2-4-7(8)5-3-6;/h2-5,8H,1H3;1H3. The molecular weight excluding hydrogens is 114 g/mol. The van der Waals surface area contributed by atoms with Crippen LogP contribution in [0.3, 0.4) is 0 Å². The summed E-state index contributed by atoms with van der Waals surface area (Å²) in [5.41, 5.74) is 1.17. The predicted octanol–water partition coefficient (Wildman–Crippen LogP) is 1.86. The van der Waals surface area contributed by atoms with Crippen molar-refractivity contribution in [2.75, 3.05) is 0 Å². The largest absolute Gasteiger partial charge is 0.508 e. The number of phenols is 1. The highest BCUT2D eigenvalue weighted by Crippen LogP contribution is 2.07. The van der Waals surface area contributed by atoms with E-state index in [0.717, 1.165) is 0 Å². The van der Waals surface area contributed by atoms with Gasteiger partial charge in [-0.3, -0.25) is 0 Å². The zero-order valence-corrected chi connectivity index (χ0v) is 5.46. The minimum Gasteiger partial charge on any atom is -0.508 e. The summed E-state index contributed by atoms with van der Waals surface area (Å²) in [6.45, 7) is 1.99. The predicted molar refractivity (Wildman–Crippen MR) is 37.9 cm³/mol. The zero-order chi connectivity index (χ0) is 5.98. The van der Waals surface area contributed by atoms with E-state index in [9.17, 15) is 0 Å². The summed E-state index contributed by atoms with van der Waals surface area (Å²) in [7, 11) is 0. The summed E-state index contributed by atoms with van der Waals surface area (Å²) in [5.74, 6) is 0.329. The molecule has 1 aromatic rings. The Morgan fingerprint density at radius 2 is 1.56 bits per heavy atom.